The zero-order valence-electron chi connectivity index (χ0n) is 14.3. The van der Waals surface area contributed by atoms with Crippen molar-refractivity contribution in [2.75, 3.05) is 6.79 Å². The van der Waals surface area contributed by atoms with Crippen LogP contribution >= 0.6 is 0 Å². The van der Waals surface area contributed by atoms with Crippen LogP contribution in [0.5, 0.6) is 11.5 Å². The van der Waals surface area contributed by atoms with Crippen LogP contribution in [0.15, 0.2) is 47.2 Å². The number of imidazole rings is 1. The maximum atomic E-state index is 5.46. The molecule has 0 bridgehead atoms. The average Bonchev–Trinajstić information content (AvgIpc) is 3.40. The van der Waals surface area contributed by atoms with Gasteiger partial charge in [-0.05, 0) is 36.2 Å². The van der Waals surface area contributed by atoms with Gasteiger partial charge in [0.05, 0.1) is 12.5 Å². The van der Waals surface area contributed by atoms with Gasteiger partial charge in [-0.1, -0.05) is 13.0 Å². The number of aromatic nitrogens is 4. The summed E-state index contributed by atoms with van der Waals surface area (Å²) in [6.07, 6.45) is 4.33. The fourth-order valence-corrected chi connectivity index (χ4v) is 3.28. The molecule has 0 amide bonds. The molecule has 5 rings (SSSR count). The van der Waals surface area contributed by atoms with Gasteiger partial charge < -0.3 is 18.9 Å². The minimum absolute atomic E-state index is 0.236. The summed E-state index contributed by atoms with van der Waals surface area (Å²) in [6.45, 7) is 3.02. The van der Waals surface area contributed by atoms with Crippen molar-refractivity contribution in [2.24, 2.45) is 0 Å². The number of fused-ring (bicyclic) bond motifs is 2. The maximum Gasteiger partial charge on any atom is 0.231 e. The van der Waals surface area contributed by atoms with Crippen LogP contribution in [0.4, 0.5) is 0 Å². The van der Waals surface area contributed by atoms with Gasteiger partial charge in [0.2, 0.25) is 6.79 Å². The third kappa shape index (κ3) is 2.61. The highest BCUT2D eigenvalue weighted by Gasteiger charge is 2.18. The smallest absolute Gasteiger partial charge is 0.231 e. The van der Waals surface area contributed by atoms with E-state index in [4.69, 9.17) is 18.9 Å². The fourth-order valence-electron chi connectivity index (χ4n) is 3.28. The Labute approximate surface area is 149 Å². The summed E-state index contributed by atoms with van der Waals surface area (Å²) in [7, 11) is 0. The number of nitrogens with zero attached hydrogens (tertiary/aromatic N) is 3. The van der Waals surface area contributed by atoms with Crippen LogP contribution in [-0.4, -0.2) is 26.5 Å². The van der Waals surface area contributed by atoms with Gasteiger partial charge in [-0.25, -0.2) is 9.67 Å². The molecule has 0 fully saturated rings. The number of hydrogen-bond acceptors (Lipinski definition) is 5. The Morgan fingerprint density at radius 2 is 2.15 bits per heavy atom. The molecule has 0 saturated heterocycles. The first-order chi connectivity index (χ1) is 12.8. The van der Waals surface area contributed by atoms with Crippen LogP contribution in [0.25, 0.3) is 11.2 Å². The molecule has 4 heterocycles. The summed E-state index contributed by atoms with van der Waals surface area (Å²) >= 11 is 0. The van der Waals surface area contributed by atoms with Crippen molar-refractivity contribution in [3.8, 4) is 11.5 Å². The van der Waals surface area contributed by atoms with Crippen molar-refractivity contribution in [1.29, 1.82) is 0 Å². The predicted molar refractivity (Wildman–Crippen MR) is 94.4 cm³/mol. The van der Waals surface area contributed by atoms with Crippen LogP contribution in [0.2, 0.25) is 0 Å². The molecule has 0 saturated carbocycles. The highest BCUT2D eigenvalue weighted by Crippen LogP contribution is 2.33. The van der Waals surface area contributed by atoms with Crippen LogP contribution in [0.1, 0.15) is 30.0 Å². The number of H-pyrrole nitrogens is 1. The molecule has 132 valence electrons. The molecule has 0 spiro atoms. The number of nitrogens with one attached hydrogen (secondary N) is 1. The van der Waals surface area contributed by atoms with Crippen molar-refractivity contribution < 1.29 is 13.9 Å². The van der Waals surface area contributed by atoms with Gasteiger partial charge in [0.25, 0.3) is 0 Å². The number of aromatic amines is 1. The number of furan rings is 1. The van der Waals surface area contributed by atoms with Crippen molar-refractivity contribution in [3.63, 3.8) is 0 Å². The number of hydrogen-bond donors (Lipinski definition) is 1. The molecule has 7 heteroatoms. The molecule has 1 unspecified atom stereocenters. The van der Waals surface area contributed by atoms with Crippen LogP contribution in [0, 0.1) is 0 Å². The fraction of sp³-hybridized carbons (Fsp3) is 0.263. The minimum Gasteiger partial charge on any atom is -0.467 e. The minimum atomic E-state index is 0.236. The molecule has 4 aromatic rings. The molecule has 7 nitrogen and oxygen atoms in total. The highest BCUT2D eigenvalue weighted by atomic mass is 16.7. The van der Waals surface area contributed by atoms with Gasteiger partial charge in [-0.15, -0.1) is 0 Å². The second-order valence-corrected chi connectivity index (χ2v) is 6.53. The topological polar surface area (TPSA) is 78.1 Å². The van der Waals surface area contributed by atoms with Crippen molar-refractivity contribution >= 4 is 11.2 Å². The summed E-state index contributed by atoms with van der Waals surface area (Å²) in [5, 5.41) is 4.39. The molecule has 0 aliphatic carbocycles. The number of benzene rings is 1. The van der Waals surface area contributed by atoms with E-state index in [1.54, 1.807) is 6.26 Å². The molecule has 1 aliphatic rings. The van der Waals surface area contributed by atoms with Crippen LogP contribution in [-0.2, 0) is 13.0 Å². The zero-order chi connectivity index (χ0) is 17.5. The van der Waals surface area contributed by atoms with E-state index in [1.165, 1.54) is 5.56 Å². The van der Waals surface area contributed by atoms with Gasteiger partial charge in [0.15, 0.2) is 17.1 Å². The Morgan fingerprint density at radius 3 is 3.04 bits per heavy atom. The van der Waals surface area contributed by atoms with E-state index >= 15 is 0 Å². The van der Waals surface area contributed by atoms with E-state index in [9.17, 15) is 0 Å². The van der Waals surface area contributed by atoms with Crippen molar-refractivity contribution in [1.82, 2.24) is 19.7 Å². The van der Waals surface area contributed by atoms with Crippen LogP contribution in [0.3, 0.4) is 0 Å². The second-order valence-electron chi connectivity index (χ2n) is 6.53. The summed E-state index contributed by atoms with van der Waals surface area (Å²) in [4.78, 5) is 8.16. The van der Waals surface area contributed by atoms with Gasteiger partial charge in [0.1, 0.15) is 23.6 Å². The van der Waals surface area contributed by atoms with Gasteiger partial charge in [-0.2, -0.15) is 5.10 Å². The lowest BCUT2D eigenvalue weighted by atomic mass is 10.0. The largest absolute Gasteiger partial charge is 0.467 e. The summed E-state index contributed by atoms with van der Waals surface area (Å²) < 4.78 is 18.1. The highest BCUT2D eigenvalue weighted by molar-refractivity contribution is 5.70. The molecular formula is C19H18N4O3. The Kier molecular flexibility index (Phi) is 3.44. The third-order valence-corrected chi connectivity index (χ3v) is 4.63. The molecule has 0 radical (unpaired) electrons. The van der Waals surface area contributed by atoms with E-state index in [-0.39, 0.29) is 5.92 Å². The second kappa shape index (κ2) is 5.94. The molecule has 1 N–H and O–H groups in total. The van der Waals surface area contributed by atoms with Gasteiger partial charge in [0, 0.05) is 5.92 Å². The van der Waals surface area contributed by atoms with Crippen molar-refractivity contribution in [2.45, 2.75) is 25.8 Å². The molecule has 26 heavy (non-hydrogen) atoms. The number of rotatable bonds is 5. The lowest BCUT2D eigenvalue weighted by Crippen LogP contribution is -2.03. The average molecular weight is 350 g/mol. The first-order valence-corrected chi connectivity index (χ1v) is 8.58. The SMILES string of the molecule is CC(Cc1ccc2c(c1)OCO2)c1nc2c(cnn2Cc2ccco2)[nH]1. The normalized spacial score (nSPS) is 14.2. The molecule has 3 aromatic heterocycles. The Balaban J connectivity index is 1.37. The zero-order valence-corrected chi connectivity index (χ0v) is 14.3. The van der Waals surface area contributed by atoms with E-state index in [1.807, 2.05) is 35.1 Å². The molecule has 1 aromatic carbocycles. The molecule has 1 aliphatic heterocycles. The summed E-state index contributed by atoms with van der Waals surface area (Å²) in [6, 6.07) is 9.89. The summed E-state index contributed by atoms with van der Waals surface area (Å²) in [5.74, 6) is 3.66. The maximum absolute atomic E-state index is 5.46. The third-order valence-electron chi connectivity index (χ3n) is 4.63. The summed E-state index contributed by atoms with van der Waals surface area (Å²) in [5.41, 5.74) is 2.97. The molecule has 1 atom stereocenters. The lowest BCUT2D eigenvalue weighted by Gasteiger charge is -2.09. The first-order valence-electron chi connectivity index (χ1n) is 8.58. The standard InChI is InChI=1S/C19H18N4O3/c1-12(7-13-4-5-16-17(8-13)26-11-25-16)18-21-15-9-20-23(19(15)22-18)10-14-3-2-6-24-14/h2-6,8-9,12H,7,10-11H2,1H3,(H,21,22). The van der Waals surface area contributed by atoms with Gasteiger partial charge in [-0.3, -0.25) is 0 Å². The quantitative estimate of drug-likeness (QED) is 0.596. The Morgan fingerprint density at radius 1 is 1.23 bits per heavy atom. The monoisotopic (exact) mass is 350 g/mol. The van der Waals surface area contributed by atoms with Gasteiger partial charge >= 0.3 is 0 Å². The Bertz CT molecular complexity index is 1050. The van der Waals surface area contributed by atoms with E-state index < -0.39 is 0 Å². The Hall–Kier alpha value is -3.22. The van der Waals surface area contributed by atoms with E-state index in [0.29, 0.717) is 13.3 Å². The van der Waals surface area contributed by atoms with Crippen LogP contribution < -0.4 is 9.47 Å². The lowest BCUT2D eigenvalue weighted by molar-refractivity contribution is 0.174. The van der Waals surface area contributed by atoms with E-state index in [2.05, 4.69) is 23.1 Å². The first kappa shape index (κ1) is 15.1. The van der Waals surface area contributed by atoms with Crippen molar-refractivity contribution in [3.05, 3.63) is 59.9 Å². The van der Waals surface area contributed by atoms with E-state index in [0.717, 1.165) is 40.7 Å². The molecular weight excluding hydrogens is 332 g/mol. The predicted octanol–water partition coefficient (Wildman–Crippen LogP) is 3.48. The number of ether oxygens (including phenoxy) is 2.